The fraction of sp³-hybridized carbons (Fsp3) is 0.429. The van der Waals surface area contributed by atoms with E-state index in [-0.39, 0.29) is 30.9 Å². The lowest BCUT2D eigenvalue weighted by Crippen LogP contribution is -2.49. The minimum Gasteiger partial charge on any atom is -0.390 e. The molecule has 1 aliphatic heterocycles. The number of nitrogens with zero attached hydrogens (tertiary/aromatic N) is 1. The normalized spacial score (nSPS) is 14.8. The number of halogens is 3. The fourth-order valence-corrected chi connectivity index (χ4v) is 5.99. The molecule has 1 heterocycles. The van der Waals surface area contributed by atoms with E-state index in [1.807, 2.05) is 35.2 Å². The zero-order valence-electron chi connectivity index (χ0n) is 25.4. The van der Waals surface area contributed by atoms with Crippen molar-refractivity contribution in [1.82, 2.24) is 15.5 Å². The first-order valence-electron chi connectivity index (χ1n) is 15.4. The van der Waals surface area contributed by atoms with E-state index in [4.69, 9.17) is 0 Å². The summed E-state index contributed by atoms with van der Waals surface area (Å²) in [4.78, 5) is 29.2. The molecule has 2 atom stereocenters. The number of aliphatic hydroxyl groups excluding tert-OH is 1. The molecule has 0 saturated heterocycles. The molecule has 2 unspecified atom stereocenters. The van der Waals surface area contributed by atoms with Crippen LogP contribution in [0.1, 0.15) is 82.5 Å². The van der Waals surface area contributed by atoms with Gasteiger partial charge in [0.25, 0.3) is 11.8 Å². The average Bonchev–Trinajstić information content (AvgIpc) is 3.01. The number of amides is 2. The molecular weight excluding hydrogens is 567 g/mol. The maximum absolute atomic E-state index is 13.7. The monoisotopic (exact) mass is 609 g/mol. The van der Waals surface area contributed by atoms with Crippen molar-refractivity contribution in [1.29, 1.82) is 0 Å². The van der Waals surface area contributed by atoms with E-state index in [1.165, 1.54) is 6.07 Å². The first-order chi connectivity index (χ1) is 21.1. The van der Waals surface area contributed by atoms with Crippen LogP contribution >= 0.6 is 0 Å². The molecule has 3 aromatic carbocycles. The van der Waals surface area contributed by atoms with Gasteiger partial charge in [-0.3, -0.25) is 9.59 Å². The zero-order valence-corrected chi connectivity index (χ0v) is 25.4. The van der Waals surface area contributed by atoms with E-state index in [9.17, 15) is 27.9 Å². The van der Waals surface area contributed by atoms with Crippen LogP contribution < -0.4 is 10.6 Å². The molecule has 44 heavy (non-hydrogen) atoms. The molecule has 0 fully saturated rings. The van der Waals surface area contributed by atoms with Crippen LogP contribution in [0, 0.1) is 0 Å². The van der Waals surface area contributed by atoms with Crippen LogP contribution in [0.5, 0.6) is 0 Å². The molecule has 0 radical (unpaired) electrons. The smallest absolute Gasteiger partial charge is 0.390 e. The largest absolute Gasteiger partial charge is 0.416 e. The van der Waals surface area contributed by atoms with Gasteiger partial charge in [0.05, 0.1) is 17.7 Å². The molecule has 1 aliphatic rings. The summed E-state index contributed by atoms with van der Waals surface area (Å²) in [5, 5.41) is 17.2. The molecular formula is C35H42F3N3O3. The van der Waals surface area contributed by atoms with Gasteiger partial charge in [0, 0.05) is 36.8 Å². The Hall–Kier alpha value is -3.69. The highest BCUT2D eigenvalue weighted by atomic mass is 19.4. The quantitative estimate of drug-likeness (QED) is 0.204. The highest BCUT2D eigenvalue weighted by Gasteiger charge is 2.33. The molecule has 9 heteroatoms. The molecule has 236 valence electrons. The number of aliphatic hydroxyl groups is 1. The van der Waals surface area contributed by atoms with Crippen LogP contribution in [0.4, 0.5) is 13.2 Å². The van der Waals surface area contributed by atoms with Gasteiger partial charge in [0.1, 0.15) is 0 Å². The number of hydrogen-bond donors (Lipinski definition) is 3. The Labute approximate surface area is 257 Å². The molecule has 2 amide bonds. The number of carbonyl (C=O) groups is 2. The highest BCUT2D eigenvalue weighted by molar-refractivity contribution is 6.03. The van der Waals surface area contributed by atoms with E-state index in [1.54, 1.807) is 24.3 Å². The van der Waals surface area contributed by atoms with E-state index in [0.717, 1.165) is 43.4 Å². The number of fused-ring (bicyclic) bond motifs is 1. The van der Waals surface area contributed by atoms with Gasteiger partial charge in [-0.25, -0.2) is 0 Å². The second-order valence-electron chi connectivity index (χ2n) is 11.5. The van der Waals surface area contributed by atoms with Crippen molar-refractivity contribution >= 4 is 11.8 Å². The maximum atomic E-state index is 13.7. The second kappa shape index (κ2) is 15.3. The first kappa shape index (κ1) is 33.2. The van der Waals surface area contributed by atoms with Crippen molar-refractivity contribution in [2.24, 2.45) is 0 Å². The lowest BCUT2D eigenvalue weighted by Gasteiger charge is -2.36. The van der Waals surface area contributed by atoms with E-state index in [2.05, 4.69) is 24.5 Å². The molecule has 6 nitrogen and oxygen atoms in total. The van der Waals surface area contributed by atoms with Crippen molar-refractivity contribution in [2.45, 2.75) is 83.3 Å². The molecule has 3 N–H and O–H groups in total. The Balaban J connectivity index is 1.49. The van der Waals surface area contributed by atoms with Gasteiger partial charge in [-0.05, 0) is 60.6 Å². The predicted octanol–water partition coefficient (Wildman–Crippen LogP) is 6.16. The van der Waals surface area contributed by atoms with E-state index in [0.29, 0.717) is 41.6 Å². The summed E-state index contributed by atoms with van der Waals surface area (Å²) >= 11 is 0. The third-order valence-corrected chi connectivity index (χ3v) is 8.22. The molecule has 0 spiro atoms. The van der Waals surface area contributed by atoms with Crippen LogP contribution in [0.3, 0.4) is 0 Å². The summed E-state index contributed by atoms with van der Waals surface area (Å²) in [5.74, 6) is -0.424. The molecule has 0 saturated carbocycles. The Morgan fingerprint density at radius 2 is 1.64 bits per heavy atom. The standard InChI is InChI=1S/C35H42F3N3O3/c1-3-10-27(11-4-2)41-19-18-28-29(16-9-17-30(28)34(41)44)33(43)40-31(21-24-12-6-5-7-13-24)32(42)23-39-22-25-14-8-15-26(20-25)35(36,37)38/h5-9,12-17,20,27,31-32,39,42H,3-4,10-11,18-19,21-23H2,1-2H3,(H,40,43). The lowest BCUT2D eigenvalue weighted by molar-refractivity contribution is -0.137. The maximum Gasteiger partial charge on any atom is 0.416 e. The number of hydrogen-bond acceptors (Lipinski definition) is 4. The summed E-state index contributed by atoms with van der Waals surface area (Å²) in [6.07, 6.45) is -0.702. The molecule has 3 aromatic rings. The molecule has 0 aliphatic carbocycles. The van der Waals surface area contributed by atoms with Gasteiger partial charge in [-0.2, -0.15) is 13.2 Å². The van der Waals surface area contributed by atoms with Crippen molar-refractivity contribution in [3.05, 3.63) is 106 Å². The molecule has 4 rings (SSSR count). The van der Waals surface area contributed by atoms with Crippen molar-refractivity contribution in [2.75, 3.05) is 13.1 Å². The van der Waals surface area contributed by atoms with Crippen LogP contribution in [-0.4, -0.2) is 53.1 Å². The summed E-state index contributed by atoms with van der Waals surface area (Å²) in [5.41, 5.74) is 2.29. The van der Waals surface area contributed by atoms with Crippen LogP contribution in [0.2, 0.25) is 0 Å². The van der Waals surface area contributed by atoms with E-state index >= 15 is 0 Å². The van der Waals surface area contributed by atoms with Crippen molar-refractivity contribution in [3.63, 3.8) is 0 Å². The van der Waals surface area contributed by atoms with Gasteiger partial charge < -0.3 is 20.6 Å². The number of nitrogens with one attached hydrogen (secondary N) is 2. The van der Waals surface area contributed by atoms with Gasteiger partial charge in [0.2, 0.25) is 0 Å². The van der Waals surface area contributed by atoms with Crippen LogP contribution in [0.25, 0.3) is 0 Å². The van der Waals surface area contributed by atoms with Gasteiger partial charge in [0.15, 0.2) is 0 Å². The third-order valence-electron chi connectivity index (χ3n) is 8.22. The zero-order chi connectivity index (χ0) is 31.7. The lowest BCUT2D eigenvalue weighted by atomic mass is 9.91. The summed E-state index contributed by atoms with van der Waals surface area (Å²) in [6.45, 7) is 4.96. The minimum atomic E-state index is -4.44. The van der Waals surface area contributed by atoms with Crippen molar-refractivity contribution in [3.8, 4) is 0 Å². The Morgan fingerprint density at radius 1 is 0.955 bits per heavy atom. The average molecular weight is 610 g/mol. The topological polar surface area (TPSA) is 81.7 Å². The summed E-state index contributed by atoms with van der Waals surface area (Å²) in [6, 6.07) is 19.2. The fourth-order valence-electron chi connectivity index (χ4n) is 5.99. The summed E-state index contributed by atoms with van der Waals surface area (Å²) in [7, 11) is 0. The first-order valence-corrected chi connectivity index (χ1v) is 15.4. The minimum absolute atomic E-state index is 0.0462. The van der Waals surface area contributed by atoms with Gasteiger partial charge in [-0.15, -0.1) is 0 Å². The van der Waals surface area contributed by atoms with Crippen LogP contribution in [0.15, 0.2) is 72.8 Å². The molecule has 0 bridgehead atoms. The Morgan fingerprint density at radius 3 is 2.32 bits per heavy atom. The summed E-state index contributed by atoms with van der Waals surface area (Å²) < 4.78 is 39.3. The van der Waals surface area contributed by atoms with Crippen molar-refractivity contribution < 1.29 is 27.9 Å². The third kappa shape index (κ3) is 8.48. The second-order valence-corrected chi connectivity index (χ2v) is 11.5. The highest BCUT2D eigenvalue weighted by Crippen LogP contribution is 2.30. The Bertz CT molecular complexity index is 1390. The number of carbonyl (C=O) groups excluding carboxylic acids is 2. The Kier molecular flexibility index (Phi) is 11.6. The number of alkyl halides is 3. The van der Waals surface area contributed by atoms with E-state index < -0.39 is 23.9 Å². The van der Waals surface area contributed by atoms with Gasteiger partial charge >= 0.3 is 6.18 Å². The SMILES string of the molecule is CCCC(CCC)N1CCc2c(C(=O)NC(Cc3ccccc3)C(O)CNCc3cccc(C(F)(F)F)c3)cccc2C1=O. The van der Waals surface area contributed by atoms with Gasteiger partial charge in [-0.1, -0.05) is 81.3 Å². The van der Waals surface area contributed by atoms with Crippen LogP contribution in [-0.2, 0) is 25.6 Å². The molecule has 0 aromatic heterocycles. The number of benzene rings is 3. The predicted molar refractivity (Wildman–Crippen MR) is 165 cm³/mol. The number of rotatable bonds is 14.